The van der Waals surface area contributed by atoms with Gasteiger partial charge in [-0.2, -0.15) is 0 Å². The summed E-state index contributed by atoms with van der Waals surface area (Å²) in [4.78, 5) is 15.7. The molecule has 170 valence electrons. The second kappa shape index (κ2) is 9.93. The van der Waals surface area contributed by atoms with E-state index < -0.39 is 0 Å². The highest BCUT2D eigenvalue weighted by molar-refractivity contribution is 5.87. The zero-order valence-electron chi connectivity index (χ0n) is 19.4. The second-order valence-corrected chi connectivity index (χ2v) is 9.86. The Hall–Kier alpha value is -2.91. The normalized spacial score (nSPS) is 17.2. The molecule has 5 rings (SSSR count). The van der Waals surface area contributed by atoms with Crippen LogP contribution in [-0.4, -0.2) is 37.0 Å². The molecule has 1 spiro atoms. The van der Waals surface area contributed by atoms with Gasteiger partial charge < -0.3 is 10.2 Å². The lowest BCUT2D eigenvalue weighted by molar-refractivity contribution is -0.121. The maximum atomic E-state index is 13.1. The molecule has 1 N–H and O–H groups in total. The van der Waals surface area contributed by atoms with Crippen molar-refractivity contribution in [3.8, 4) is 0 Å². The number of fused-ring (bicyclic) bond motifs is 1. The number of benzene rings is 3. The highest BCUT2D eigenvalue weighted by Gasteiger charge is 2.39. The Morgan fingerprint density at radius 1 is 0.788 bits per heavy atom. The van der Waals surface area contributed by atoms with E-state index in [1.165, 1.54) is 38.8 Å². The fourth-order valence-corrected chi connectivity index (χ4v) is 5.78. The average Bonchev–Trinajstić information content (AvgIpc) is 3.22. The molecule has 0 saturated carbocycles. The zero-order chi connectivity index (χ0) is 22.5. The Balaban J connectivity index is 1.10. The molecule has 1 heterocycles. The van der Waals surface area contributed by atoms with Crippen LogP contribution in [0.25, 0.3) is 0 Å². The lowest BCUT2D eigenvalue weighted by Gasteiger charge is -2.39. The molecule has 0 radical (unpaired) electrons. The van der Waals surface area contributed by atoms with Crippen LogP contribution in [-0.2, 0) is 17.6 Å². The smallest absolute Gasteiger partial charge is 0.232 e. The van der Waals surface area contributed by atoms with Crippen molar-refractivity contribution in [2.24, 2.45) is 5.41 Å². The van der Waals surface area contributed by atoms with Gasteiger partial charge in [-0.3, -0.25) is 4.79 Å². The third kappa shape index (κ3) is 5.04. The predicted molar refractivity (Wildman–Crippen MR) is 134 cm³/mol. The van der Waals surface area contributed by atoms with E-state index in [9.17, 15) is 4.79 Å². The molecule has 0 bridgehead atoms. The van der Waals surface area contributed by atoms with Crippen molar-refractivity contribution < 1.29 is 4.79 Å². The summed E-state index contributed by atoms with van der Waals surface area (Å²) in [6.45, 7) is 4.14. The first-order valence-corrected chi connectivity index (χ1v) is 12.4. The van der Waals surface area contributed by atoms with E-state index in [0.717, 1.165) is 30.6 Å². The number of piperidine rings is 1. The number of carbonyl (C=O) groups excluding carboxylic acids is 1. The molecular formula is C30H34N2O. The first-order chi connectivity index (χ1) is 16.2. The van der Waals surface area contributed by atoms with Crippen molar-refractivity contribution in [1.29, 1.82) is 0 Å². The number of carbonyl (C=O) groups is 1. The lowest BCUT2D eigenvalue weighted by atomic mass is 9.76. The Morgan fingerprint density at radius 3 is 1.85 bits per heavy atom. The van der Waals surface area contributed by atoms with Gasteiger partial charge in [-0.05, 0) is 79.4 Å². The summed E-state index contributed by atoms with van der Waals surface area (Å²) in [6.07, 6.45) is 6.09. The van der Waals surface area contributed by atoms with E-state index in [2.05, 4.69) is 34.5 Å². The van der Waals surface area contributed by atoms with Crippen molar-refractivity contribution in [2.75, 3.05) is 26.2 Å². The minimum atomic E-state index is -0.258. The minimum absolute atomic E-state index is 0.0914. The average molecular weight is 439 g/mol. The van der Waals surface area contributed by atoms with Gasteiger partial charge in [0.15, 0.2) is 0 Å². The molecule has 0 atom stereocenters. The molecule has 0 unspecified atom stereocenters. The third-order valence-electron chi connectivity index (χ3n) is 7.64. The van der Waals surface area contributed by atoms with Gasteiger partial charge in [-0.25, -0.2) is 0 Å². The SMILES string of the molecule is O=C(NCCCN1CCC2(CC1)Cc1ccccc1C2)C(c1ccccc1)c1ccccc1. The number of hydrogen-bond donors (Lipinski definition) is 1. The van der Waals surface area contributed by atoms with E-state index in [-0.39, 0.29) is 11.8 Å². The maximum absolute atomic E-state index is 13.1. The number of nitrogens with zero attached hydrogens (tertiary/aromatic N) is 1. The highest BCUT2D eigenvalue weighted by Crippen LogP contribution is 2.44. The first-order valence-electron chi connectivity index (χ1n) is 12.4. The van der Waals surface area contributed by atoms with Crippen molar-refractivity contribution in [3.05, 3.63) is 107 Å². The molecular weight excluding hydrogens is 404 g/mol. The summed E-state index contributed by atoms with van der Waals surface area (Å²) in [5.74, 6) is -0.167. The van der Waals surface area contributed by atoms with E-state index >= 15 is 0 Å². The quantitative estimate of drug-likeness (QED) is 0.514. The molecule has 33 heavy (non-hydrogen) atoms. The Labute approximate surface area is 197 Å². The molecule has 1 aliphatic carbocycles. The number of amides is 1. The van der Waals surface area contributed by atoms with E-state index in [0.29, 0.717) is 5.41 Å². The summed E-state index contributed by atoms with van der Waals surface area (Å²) in [6, 6.07) is 29.2. The van der Waals surface area contributed by atoms with Gasteiger partial charge in [-0.15, -0.1) is 0 Å². The van der Waals surface area contributed by atoms with Crippen LogP contribution >= 0.6 is 0 Å². The molecule has 3 nitrogen and oxygen atoms in total. The molecule has 3 aromatic rings. The fraction of sp³-hybridized carbons (Fsp3) is 0.367. The third-order valence-corrected chi connectivity index (χ3v) is 7.64. The first kappa shape index (κ1) is 21.9. The molecule has 0 aromatic heterocycles. The molecule has 2 aliphatic rings. The van der Waals surface area contributed by atoms with Crippen LogP contribution in [0.3, 0.4) is 0 Å². The fourth-order valence-electron chi connectivity index (χ4n) is 5.78. The highest BCUT2D eigenvalue weighted by atomic mass is 16.1. The monoisotopic (exact) mass is 438 g/mol. The Kier molecular flexibility index (Phi) is 6.59. The molecule has 3 heteroatoms. The van der Waals surface area contributed by atoms with Gasteiger partial charge in [0, 0.05) is 6.54 Å². The van der Waals surface area contributed by atoms with Gasteiger partial charge >= 0.3 is 0 Å². The maximum Gasteiger partial charge on any atom is 0.232 e. The van der Waals surface area contributed by atoms with Crippen molar-refractivity contribution in [2.45, 2.75) is 38.0 Å². The van der Waals surface area contributed by atoms with Crippen molar-refractivity contribution >= 4 is 5.91 Å². The molecule has 1 fully saturated rings. The van der Waals surface area contributed by atoms with Gasteiger partial charge in [-0.1, -0.05) is 84.9 Å². The van der Waals surface area contributed by atoms with Crippen LogP contribution in [0.2, 0.25) is 0 Å². The largest absolute Gasteiger partial charge is 0.355 e. The van der Waals surface area contributed by atoms with E-state index in [1.54, 1.807) is 11.1 Å². The predicted octanol–water partition coefficient (Wildman–Crippen LogP) is 5.21. The van der Waals surface area contributed by atoms with Crippen LogP contribution < -0.4 is 5.32 Å². The number of nitrogens with one attached hydrogen (secondary N) is 1. The summed E-state index contributed by atoms with van der Waals surface area (Å²) in [5.41, 5.74) is 5.72. The van der Waals surface area contributed by atoms with E-state index in [4.69, 9.17) is 0 Å². The van der Waals surface area contributed by atoms with Gasteiger partial charge in [0.1, 0.15) is 0 Å². The zero-order valence-corrected chi connectivity index (χ0v) is 19.4. The van der Waals surface area contributed by atoms with Gasteiger partial charge in [0.25, 0.3) is 0 Å². The number of rotatable bonds is 7. The standard InChI is InChI=1S/C30H34N2O/c33-29(28(24-10-3-1-4-11-24)25-12-5-2-6-13-25)31-18-9-19-32-20-16-30(17-21-32)22-26-14-7-8-15-27(26)23-30/h1-8,10-15,28H,9,16-23H2,(H,31,33). The summed E-state index contributed by atoms with van der Waals surface area (Å²) >= 11 is 0. The lowest BCUT2D eigenvalue weighted by Crippen LogP contribution is -2.41. The van der Waals surface area contributed by atoms with Crippen LogP contribution in [0.15, 0.2) is 84.9 Å². The summed E-state index contributed by atoms with van der Waals surface area (Å²) in [7, 11) is 0. The van der Waals surface area contributed by atoms with Crippen molar-refractivity contribution in [1.82, 2.24) is 10.2 Å². The van der Waals surface area contributed by atoms with Crippen LogP contribution in [0, 0.1) is 5.41 Å². The molecule has 3 aromatic carbocycles. The molecule has 1 saturated heterocycles. The number of likely N-dealkylation sites (tertiary alicyclic amines) is 1. The van der Waals surface area contributed by atoms with Gasteiger partial charge in [0.05, 0.1) is 5.92 Å². The van der Waals surface area contributed by atoms with Crippen molar-refractivity contribution in [3.63, 3.8) is 0 Å². The molecule has 1 amide bonds. The number of hydrogen-bond acceptors (Lipinski definition) is 2. The second-order valence-electron chi connectivity index (χ2n) is 9.86. The Bertz CT molecular complexity index is 988. The Morgan fingerprint density at radius 2 is 1.30 bits per heavy atom. The van der Waals surface area contributed by atoms with E-state index in [1.807, 2.05) is 60.7 Å². The van der Waals surface area contributed by atoms with Crippen LogP contribution in [0.5, 0.6) is 0 Å². The molecule has 1 aliphatic heterocycles. The van der Waals surface area contributed by atoms with Crippen LogP contribution in [0.1, 0.15) is 47.4 Å². The van der Waals surface area contributed by atoms with Crippen LogP contribution in [0.4, 0.5) is 0 Å². The summed E-state index contributed by atoms with van der Waals surface area (Å²) < 4.78 is 0. The minimum Gasteiger partial charge on any atom is -0.355 e. The summed E-state index contributed by atoms with van der Waals surface area (Å²) in [5, 5.41) is 3.21. The van der Waals surface area contributed by atoms with Gasteiger partial charge in [0.2, 0.25) is 5.91 Å². The topological polar surface area (TPSA) is 32.3 Å².